The molecular weight excluding hydrogens is 553 g/mol. The fourth-order valence-electron chi connectivity index (χ4n) is 2.10. The molecule has 38 heavy (non-hydrogen) atoms. The number of carbonyl (C=O) groups is 2. The number of hydrogen-bond acceptors (Lipinski definition) is 3. The second-order valence-electron chi connectivity index (χ2n) is 6.73. The van der Waals surface area contributed by atoms with Crippen molar-refractivity contribution in [1.82, 2.24) is 0 Å². The van der Waals surface area contributed by atoms with Crippen molar-refractivity contribution in [3.05, 3.63) is 0 Å². The molecule has 0 aromatic heterocycles. The zero-order valence-electron chi connectivity index (χ0n) is 17.3. The number of halogens is 12. The van der Waals surface area contributed by atoms with Crippen LogP contribution in [0.5, 0.6) is 0 Å². The van der Waals surface area contributed by atoms with E-state index in [-0.39, 0.29) is 36.1 Å². The van der Waals surface area contributed by atoms with Crippen LogP contribution in [0.4, 0.5) is 52.7 Å². The number of esters is 1. The van der Waals surface area contributed by atoms with E-state index in [0.29, 0.717) is 0 Å². The molecule has 2 atom stereocenters. The summed E-state index contributed by atoms with van der Waals surface area (Å²) in [6.45, 7) is -0.746. The molecule has 0 bridgehead atoms. The maximum atomic E-state index is 13.6. The molecular formula is C19H32B3F12O4. The van der Waals surface area contributed by atoms with Crippen molar-refractivity contribution in [2.24, 2.45) is 11.8 Å². The van der Waals surface area contributed by atoms with Gasteiger partial charge in [0.15, 0.2) is 6.61 Å². The molecule has 4 nitrogen and oxygen atoms in total. The van der Waals surface area contributed by atoms with Crippen LogP contribution < -0.4 is 0 Å². The first-order chi connectivity index (χ1) is 15.0. The zero-order valence-corrected chi connectivity index (χ0v) is 17.3. The Morgan fingerprint density at radius 2 is 1.21 bits per heavy atom. The summed E-state index contributed by atoms with van der Waals surface area (Å²) in [5.41, 5.74) is 0. The second kappa shape index (κ2) is 17.8. The SMILES string of the molecule is C.C.C.C.CCC(CC(C)C(=O)O)C(=O)OCC(F)(F)C(F)(F)C(F)(F)C(F)(F)C(F)(F)C(F)F.[B][B][B]. The highest BCUT2D eigenvalue weighted by atomic mass is 19.4. The topological polar surface area (TPSA) is 63.6 Å². The van der Waals surface area contributed by atoms with Crippen LogP contribution in [-0.2, 0) is 14.3 Å². The van der Waals surface area contributed by atoms with Gasteiger partial charge in [-0.15, -0.1) is 0 Å². The van der Waals surface area contributed by atoms with Crippen LogP contribution in [0.1, 0.15) is 56.4 Å². The number of ether oxygens (including phenoxy) is 1. The molecule has 225 valence electrons. The van der Waals surface area contributed by atoms with Crippen LogP contribution in [0.2, 0.25) is 0 Å². The van der Waals surface area contributed by atoms with Crippen LogP contribution in [0, 0.1) is 11.8 Å². The Balaban J connectivity index is -0.000000347. The third-order valence-electron chi connectivity index (χ3n) is 4.22. The molecule has 1 N–H and O–H groups in total. The van der Waals surface area contributed by atoms with E-state index in [9.17, 15) is 62.3 Å². The van der Waals surface area contributed by atoms with Crippen LogP contribution in [0.25, 0.3) is 0 Å². The summed E-state index contributed by atoms with van der Waals surface area (Å²) in [5.74, 6) is -42.3. The summed E-state index contributed by atoms with van der Waals surface area (Å²) in [4.78, 5) is 22.4. The lowest BCUT2D eigenvalue weighted by molar-refractivity contribution is -0.414. The summed E-state index contributed by atoms with van der Waals surface area (Å²) < 4.78 is 160. The van der Waals surface area contributed by atoms with Crippen LogP contribution >= 0.6 is 0 Å². The molecule has 0 aliphatic carbocycles. The van der Waals surface area contributed by atoms with E-state index in [1.165, 1.54) is 6.92 Å². The van der Waals surface area contributed by atoms with Gasteiger partial charge in [0.2, 0.25) is 0 Å². The monoisotopic (exact) mass is 585 g/mol. The Morgan fingerprint density at radius 3 is 1.50 bits per heavy atom. The first kappa shape index (κ1) is 49.3. The van der Waals surface area contributed by atoms with Gasteiger partial charge in [-0.2, -0.15) is 43.9 Å². The predicted octanol–water partition coefficient (Wildman–Crippen LogP) is 6.51. The van der Waals surface area contributed by atoms with E-state index >= 15 is 0 Å². The molecule has 0 aliphatic heterocycles. The Morgan fingerprint density at radius 1 is 0.842 bits per heavy atom. The van der Waals surface area contributed by atoms with Crippen molar-refractivity contribution in [1.29, 1.82) is 0 Å². The minimum atomic E-state index is -7.71. The normalized spacial score (nSPS) is 13.6. The average molecular weight is 585 g/mol. The summed E-state index contributed by atoms with van der Waals surface area (Å²) in [7, 11) is 10.0. The van der Waals surface area contributed by atoms with Crippen LogP contribution in [0.3, 0.4) is 0 Å². The van der Waals surface area contributed by atoms with Crippen molar-refractivity contribution >= 4 is 34.5 Å². The molecule has 0 aromatic rings. The van der Waals surface area contributed by atoms with Crippen molar-refractivity contribution < 1.29 is 72.1 Å². The molecule has 0 fully saturated rings. The third kappa shape index (κ3) is 10.5. The van der Waals surface area contributed by atoms with Gasteiger partial charge < -0.3 is 9.84 Å². The largest absolute Gasteiger partial charge is 0.481 e. The molecule has 0 spiro atoms. The Hall–Kier alpha value is -1.71. The fourth-order valence-corrected chi connectivity index (χ4v) is 2.10. The lowest BCUT2D eigenvalue weighted by atomic mass is 9.40. The molecule has 5 radical (unpaired) electrons. The highest BCUT2D eigenvalue weighted by Crippen LogP contribution is 2.58. The zero-order chi connectivity index (χ0) is 27.9. The molecule has 0 saturated heterocycles. The summed E-state index contributed by atoms with van der Waals surface area (Å²) in [5, 5.41) is 8.70. The smallest absolute Gasteiger partial charge is 0.384 e. The van der Waals surface area contributed by atoms with Gasteiger partial charge in [0.05, 0.1) is 11.8 Å². The minimum absolute atomic E-state index is 0. The standard InChI is InChI=1S/C15H16F12O4.4CH4.B3/c1-3-7(4-6(2)8(28)29)9(30)31-5-11(18,19)13(22,23)15(26,27)14(24,25)12(20,21)10(16)17;;;;;1-3-2/h6-7,10H,3-5H2,1-2H3,(H,28,29);4*1H4;. The first-order valence-corrected chi connectivity index (χ1v) is 8.85. The summed E-state index contributed by atoms with van der Waals surface area (Å²) in [6, 6.07) is 0. The molecule has 0 amide bonds. The fraction of sp³-hybridized carbons (Fsp3) is 0.895. The summed E-state index contributed by atoms with van der Waals surface area (Å²) >= 11 is 0. The number of alkyl halides is 12. The number of carboxylic acid groups (broad SMARTS) is 1. The van der Waals surface area contributed by atoms with E-state index in [4.69, 9.17) is 5.11 Å². The average Bonchev–Trinajstić information content (AvgIpc) is 2.69. The maximum absolute atomic E-state index is 13.6. The number of carbonyl (C=O) groups excluding carboxylic acids is 1. The Labute approximate surface area is 218 Å². The van der Waals surface area contributed by atoms with Crippen LogP contribution in [0.15, 0.2) is 0 Å². The van der Waals surface area contributed by atoms with E-state index in [2.05, 4.69) is 20.2 Å². The lowest BCUT2D eigenvalue weighted by Gasteiger charge is -2.39. The number of carboxylic acids is 1. The number of rotatable bonds is 12. The van der Waals surface area contributed by atoms with E-state index < -0.39 is 72.8 Å². The number of aliphatic carboxylic acids is 1. The quantitative estimate of drug-likeness (QED) is 0.161. The molecule has 0 saturated carbocycles. The second-order valence-corrected chi connectivity index (χ2v) is 6.73. The lowest BCUT2D eigenvalue weighted by Crippen LogP contribution is -2.69. The van der Waals surface area contributed by atoms with Gasteiger partial charge in [-0.3, -0.25) is 9.59 Å². The summed E-state index contributed by atoms with van der Waals surface area (Å²) in [6.07, 6.45) is -6.48. The van der Waals surface area contributed by atoms with Gasteiger partial charge in [0.1, 0.15) is 0 Å². The van der Waals surface area contributed by atoms with E-state index in [0.717, 1.165) is 14.0 Å². The molecule has 19 heteroatoms. The Bertz CT molecular complexity index is 683. The van der Waals surface area contributed by atoms with E-state index in [1.807, 2.05) is 0 Å². The Kier molecular flexibility index (Phi) is 23.1. The molecule has 0 aromatic carbocycles. The number of hydrogen-bond donors (Lipinski definition) is 1. The van der Waals surface area contributed by atoms with E-state index in [1.54, 1.807) is 0 Å². The van der Waals surface area contributed by atoms with Crippen molar-refractivity contribution in [3.8, 4) is 0 Å². The molecule has 2 unspecified atom stereocenters. The molecule has 0 aliphatic rings. The highest BCUT2D eigenvalue weighted by Gasteiger charge is 2.87. The van der Waals surface area contributed by atoms with Gasteiger partial charge in [-0.1, -0.05) is 43.6 Å². The van der Waals surface area contributed by atoms with Gasteiger partial charge in [0, 0.05) is 22.5 Å². The van der Waals surface area contributed by atoms with Crippen LogP contribution in [-0.4, -0.2) is 82.2 Å². The van der Waals surface area contributed by atoms with Gasteiger partial charge in [-0.25, -0.2) is 8.78 Å². The maximum Gasteiger partial charge on any atom is 0.384 e. The molecule has 0 rings (SSSR count). The van der Waals surface area contributed by atoms with Crippen molar-refractivity contribution in [2.45, 2.75) is 92.4 Å². The van der Waals surface area contributed by atoms with Crippen molar-refractivity contribution in [3.63, 3.8) is 0 Å². The van der Waals surface area contributed by atoms with Gasteiger partial charge >= 0.3 is 48.0 Å². The first-order valence-electron chi connectivity index (χ1n) is 8.85. The van der Waals surface area contributed by atoms with Gasteiger partial charge in [-0.05, 0) is 12.8 Å². The van der Waals surface area contributed by atoms with Gasteiger partial charge in [0.25, 0.3) is 0 Å². The highest BCUT2D eigenvalue weighted by molar-refractivity contribution is 7.17. The predicted molar refractivity (Wildman–Crippen MR) is 121 cm³/mol. The minimum Gasteiger partial charge on any atom is -0.481 e. The van der Waals surface area contributed by atoms with Crippen molar-refractivity contribution in [2.75, 3.05) is 6.61 Å². The third-order valence-corrected chi connectivity index (χ3v) is 4.22. The molecule has 0 heterocycles.